The molecule has 2 unspecified atom stereocenters. The highest BCUT2D eigenvalue weighted by Crippen LogP contribution is 2.36. The Morgan fingerprint density at radius 1 is 1.67 bits per heavy atom. The van der Waals surface area contributed by atoms with E-state index in [1.807, 2.05) is 13.0 Å². The fourth-order valence-corrected chi connectivity index (χ4v) is 2.50. The fraction of sp³-hybridized carbons (Fsp3) is 0.727. The second-order valence-corrected chi connectivity index (χ2v) is 5.18. The van der Waals surface area contributed by atoms with Crippen molar-refractivity contribution in [2.24, 2.45) is 0 Å². The van der Waals surface area contributed by atoms with Crippen LogP contribution >= 0.6 is 12.2 Å². The lowest BCUT2D eigenvalue weighted by Crippen LogP contribution is -2.55. The highest BCUT2D eigenvalue weighted by Gasteiger charge is 2.56. The summed E-state index contributed by atoms with van der Waals surface area (Å²) in [6.07, 6.45) is 0.0730. The normalized spacial score (nSPS) is 44.3. The molecule has 0 aromatic heterocycles. The number of nitrogens with one attached hydrogen (secondary N) is 1. The van der Waals surface area contributed by atoms with Crippen LogP contribution in [0.3, 0.4) is 0 Å². The molecular formula is C11H17FN2O3S. The first-order chi connectivity index (χ1) is 8.37. The van der Waals surface area contributed by atoms with Crippen molar-refractivity contribution in [3.8, 4) is 0 Å². The SMILES string of the molecule is CC1C=CN([C@@H]2O[C@H](CO)[C@H](O)C2(C)F)C(=S)N1. The van der Waals surface area contributed by atoms with Crippen molar-refractivity contribution in [1.82, 2.24) is 10.2 Å². The van der Waals surface area contributed by atoms with Gasteiger partial charge >= 0.3 is 0 Å². The summed E-state index contributed by atoms with van der Waals surface area (Å²) in [5.74, 6) is 0. The Labute approximate surface area is 110 Å². The van der Waals surface area contributed by atoms with Gasteiger partial charge < -0.3 is 20.3 Å². The van der Waals surface area contributed by atoms with E-state index in [1.165, 1.54) is 11.8 Å². The van der Waals surface area contributed by atoms with Crippen molar-refractivity contribution in [3.63, 3.8) is 0 Å². The number of alkyl halides is 1. The van der Waals surface area contributed by atoms with Crippen LogP contribution in [0, 0.1) is 0 Å². The molecule has 0 aromatic rings. The molecule has 2 aliphatic heterocycles. The second-order valence-electron chi connectivity index (χ2n) is 4.79. The standard InChI is InChI=1S/C11H17FN2O3S/c1-6-3-4-14(10(18)13-6)9-11(2,12)8(16)7(5-15)17-9/h3-4,6-9,15-16H,5H2,1-2H3,(H,13,18)/t6?,7-,8+,9-,11?/m1/s1. The number of hydrogen-bond acceptors (Lipinski definition) is 4. The minimum absolute atomic E-state index is 0.0691. The smallest absolute Gasteiger partial charge is 0.181 e. The molecule has 18 heavy (non-hydrogen) atoms. The Morgan fingerprint density at radius 2 is 2.33 bits per heavy atom. The van der Waals surface area contributed by atoms with Crippen LogP contribution < -0.4 is 5.32 Å². The van der Waals surface area contributed by atoms with Crippen molar-refractivity contribution in [1.29, 1.82) is 0 Å². The van der Waals surface area contributed by atoms with E-state index in [2.05, 4.69) is 5.32 Å². The number of ether oxygens (including phenoxy) is 1. The van der Waals surface area contributed by atoms with Gasteiger partial charge in [-0.15, -0.1) is 0 Å². The molecule has 2 heterocycles. The summed E-state index contributed by atoms with van der Waals surface area (Å²) in [6, 6.07) is 0.0691. The third-order valence-electron chi connectivity index (χ3n) is 3.27. The molecule has 0 amide bonds. The largest absolute Gasteiger partial charge is 0.394 e. The summed E-state index contributed by atoms with van der Waals surface area (Å²) in [6.45, 7) is 2.72. The summed E-state index contributed by atoms with van der Waals surface area (Å²) < 4.78 is 19.9. The molecule has 7 heteroatoms. The summed E-state index contributed by atoms with van der Waals surface area (Å²) in [7, 11) is 0. The summed E-state index contributed by atoms with van der Waals surface area (Å²) in [4.78, 5) is 1.42. The summed E-state index contributed by atoms with van der Waals surface area (Å²) in [5.41, 5.74) is -2.01. The van der Waals surface area contributed by atoms with Crippen LogP contribution in [-0.2, 0) is 4.74 Å². The molecule has 1 saturated heterocycles. The van der Waals surface area contributed by atoms with Crippen LogP contribution in [0.5, 0.6) is 0 Å². The molecule has 0 bridgehead atoms. The molecule has 0 aliphatic carbocycles. The number of thiocarbonyl (C=S) groups is 1. The Morgan fingerprint density at radius 3 is 2.83 bits per heavy atom. The van der Waals surface area contributed by atoms with Crippen LogP contribution in [0.1, 0.15) is 13.8 Å². The van der Waals surface area contributed by atoms with Gasteiger partial charge in [0.25, 0.3) is 0 Å². The number of hydrogen-bond donors (Lipinski definition) is 3. The second kappa shape index (κ2) is 4.73. The number of aliphatic hydroxyl groups excluding tert-OH is 2. The Bertz CT molecular complexity index is 377. The minimum Gasteiger partial charge on any atom is -0.394 e. The number of aliphatic hydroxyl groups is 2. The average Bonchev–Trinajstić information content (AvgIpc) is 2.52. The predicted molar refractivity (Wildman–Crippen MR) is 67.4 cm³/mol. The number of rotatable bonds is 2. The Balaban J connectivity index is 2.23. The fourth-order valence-electron chi connectivity index (χ4n) is 2.15. The van der Waals surface area contributed by atoms with E-state index in [-0.39, 0.29) is 6.04 Å². The quantitative estimate of drug-likeness (QED) is 0.611. The van der Waals surface area contributed by atoms with Crippen LogP contribution in [0.15, 0.2) is 12.3 Å². The molecule has 102 valence electrons. The lowest BCUT2D eigenvalue weighted by molar-refractivity contribution is -0.0657. The van der Waals surface area contributed by atoms with Gasteiger partial charge in [0.05, 0.1) is 6.61 Å². The molecule has 0 radical (unpaired) electrons. The number of nitrogens with zero attached hydrogens (tertiary/aromatic N) is 1. The van der Waals surface area contributed by atoms with E-state index < -0.39 is 30.7 Å². The first kappa shape index (κ1) is 13.7. The average molecular weight is 276 g/mol. The molecule has 0 saturated carbocycles. The van der Waals surface area contributed by atoms with E-state index >= 15 is 0 Å². The van der Waals surface area contributed by atoms with Crippen molar-refractivity contribution >= 4 is 17.3 Å². The maximum absolute atomic E-state index is 14.5. The molecule has 2 rings (SSSR count). The summed E-state index contributed by atoms with van der Waals surface area (Å²) in [5, 5.41) is 22.1. The van der Waals surface area contributed by atoms with E-state index in [9.17, 15) is 9.50 Å². The van der Waals surface area contributed by atoms with E-state index in [4.69, 9.17) is 22.1 Å². The molecule has 5 nitrogen and oxygen atoms in total. The van der Waals surface area contributed by atoms with Gasteiger partial charge in [-0.3, -0.25) is 4.90 Å². The first-order valence-corrected chi connectivity index (χ1v) is 6.19. The highest BCUT2D eigenvalue weighted by atomic mass is 32.1. The van der Waals surface area contributed by atoms with Gasteiger partial charge in [0.15, 0.2) is 17.0 Å². The van der Waals surface area contributed by atoms with Crippen LogP contribution in [-0.4, -0.2) is 57.0 Å². The predicted octanol–water partition coefficient (Wildman–Crippen LogP) is -0.115. The molecule has 0 aromatic carbocycles. The minimum atomic E-state index is -2.01. The third-order valence-corrected chi connectivity index (χ3v) is 3.60. The molecule has 2 aliphatic rings. The van der Waals surface area contributed by atoms with Crippen LogP contribution in [0.25, 0.3) is 0 Å². The van der Waals surface area contributed by atoms with Crippen LogP contribution in [0.4, 0.5) is 4.39 Å². The van der Waals surface area contributed by atoms with Gasteiger partial charge in [0.2, 0.25) is 0 Å². The molecule has 5 atom stereocenters. The lowest BCUT2D eigenvalue weighted by atomic mass is 9.98. The van der Waals surface area contributed by atoms with Crippen LogP contribution in [0.2, 0.25) is 0 Å². The zero-order chi connectivity index (χ0) is 13.5. The van der Waals surface area contributed by atoms with Gasteiger partial charge in [-0.05, 0) is 32.1 Å². The lowest BCUT2D eigenvalue weighted by Gasteiger charge is -2.36. The molecule has 3 N–H and O–H groups in total. The maximum Gasteiger partial charge on any atom is 0.181 e. The monoisotopic (exact) mass is 276 g/mol. The van der Waals surface area contributed by atoms with E-state index in [0.29, 0.717) is 5.11 Å². The van der Waals surface area contributed by atoms with Gasteiger partial charge in [0.1, 0.15) is 12.2 Å². The van der Waals surface area contributed by atoms with Crippen molar-refractivity contribution < 1.29 is 19.3 Å². The van der Waals surface area contributed by atoms with Crippen molar-refractivity contribution in [3.05, 3.63) is 12.3 Å². The van der Waals surface area contributed by atoms with E-state index in [0.717, 1.165) is 0 Å². The van der Waals surface area contributed by atoms with Gasteiger partial charge in [0, 0.05) is 12.2 Å². The molecule has 0 spiro atoms. The maximum atomic E-state index is 14.5. The molecular weight excluding hydrogens is 259 g/mol. The first-order valence-electron chi connectivity index (χ1n) is 5.78. The highest BCUT2D eigenvalue weighted by molar-refractivity contribution is 7.80. The Kier molecular flexibility index (Phi) is 3.59. The summed E-state index contributed by atoms with van der Waals surface area (Å²) >= 11 is 5.13. The van der Waals surface area contributed by atoms with Gasteiger partial charge in [-0.25, -0.2) is 4.39 Å². The number of halogens is 1. The zero-order valence-electron chi connectivity index (χ0n) is 10.2. The zero-order valence-corrected chi connectivity index (χ0v) is 11.0. The van der Waals surface area contributed by atoms with Crippen molar-refractivity contribution in [2.75, 3.05) is 6.61 Å². The van der Waals surface area contributed by atoms with Gasteiger partial charge in [-0.1, -0.05) is 0 Å². The van der Waals surface area contributed by atoms with E-state index in [1.54, 1.807) is 6.20 Å². The van der Waals surface area contributed by atoms with Crippen molar-refractivity contribution in [2.45, 2.75) is 44.0 Å². The Hall–Kier alpha value is -0.760. The topological polar surface area (TPSA) is 65.0 Å². The molecule has 1 fully saturated rings. The van der Waals surface area contributed by atoms with Gasteiger partial charge in [-0.2, -0.15) is 0 Å². The third kappa shape index (κ3) is 2.11.